The summed E-state index contributed by atoms with van der Waals surface area (Å²) in [6, 6.07) is 5.67. The fraction of sp³-hybridized carbons (Fsp3) is 0.333. The van der Waals surface area contributed by atoms with Gasteiger partial charge in [0.05, 0.1) is 19.5 Å². The number of amides is 1. The van der Waals surface area contributed by atoms with Crippen LogP contribution in [0.2, 0.25) is 0 Å². The molecule has 0 atom stereocenters. The molecule has 1 amide bonds. The minimum absolute atomic E-state index is 0.0952. The first-order valence-corrected chi connectivity index (χ1v) is 8.28. The van der Waals surface area contributed by atoms with Gasteiger partial charge in [-0.25, -0.2) is 4.98 Å². The van der Waals surface area contributed by atoms with Crippen LogP contribution in [0.5, 0.6) is 5.75 Å². The van der Waals surface area contributed by atoms with Crippen LogP contribution >= 0.6 is 11.8 Å². The van der Waals surface area contributed by atoms with Crippen molar-refractivity contribution in [2.24, 2.45) is 0 Å². The van der Waals surface area contributed by atoms with Crippen molar-refractivity contribution in [3.63, 3.8) is 0 Å². The Labute approximate surface area is 142 Å². The van der Waals surface area contributed by atoms with Gasteiger partial charge in [-0.1, -0.05) is 11.8 Å². The lowest BCUT2D eigenvalue weighted by Gasteiger charge is -2.03. The first kappa shape index (κ1) is 16.5. The average Bonchev–Trinajstić information content (AvgIpc) is 2.97. The SMILES string of the molecule is COCCNC(=O)CSc1nnc2c(n1)[nH]c1ccc(OC)cc12. The van der Waals surface area contributed by atoms with E-state index in [1.165, 1.54) is 11.8 Å². The number of benzene rings is 1. The van der Waals surface area contributed by atoms with E-state index in [1.54, 1.807) is 14.2 Å². The lowest BCUT2D eigenvalue weighted by Crippen LogP contribution is -2.28. The summed E-state index contributed by atoms with van der Waals surface area (Å²) in [4.78, 5) is 19.3. The molecule has 9 heteroatoms. The molecule has 24 heavy (non-hydrogen) atoms. The molecule has 0 saturated carbocycles. The lowest BCUT2D eigenvalue weighted by atomic mass is 10.2. The van der Waals surface area contributed by atoms with Gasteiger partial charge in [0.15, 0.2) is 5.65 Å². The zero-order chi connectivity index (χ0) is 16.9. The van der Waals surface area contributed by atoms with Crippen LogP contribution in [0.4, 0.5) is 0 Å². The number of nitrogens with one attached hydrogen (secondary N) is 2. The lowest BCUT2D eigenvalue weighted by molar-refractivity contribution is -0.118. The molecule has 0 spiro atoms. The highest BCUT2D eigenvalue weighted by Crippen LogP contribution is 2.26. The average molecular weight is 347 g/mol. The summed E-state index contributed by atoms with van der Waals surface area (Å²) in [6.45, 7) is 0.969. The van der Waals surface area contributed by atoms with Crippen molar-refractivity contribution < 1.29 is 14.3 Å². The molecule has 0 saturated heterocycles. The van der Waals surface area contributed by atoms with Gasteiger partial charge in [-0.3, -0.25) is 4.79 Å². The van der Waals surface area contributed by atoms with Crippen molar-refractivity contribution in [1.29, 1.82) is 0 Å². The van der Waals surface area contributed by atoms with Crippen LogP contribution in [0.1, 0.15) is 0 Å². The number of H-pyrrole nitrogens is 1. The van der Waals surface area contributed by atoms with Crippen LogP contribution < -0.4 is 10.1 Å². The van der Waals surface area contributed by atoms with E-state index in [0.29, 0.717) is 29.5 Å². The Kier molecular flexibility index (Phi) is 5.11. The van der Waals surface area contributed by atoms with Crippen LogP contribution in [0.15, 0.2) is 23.4 Å². The van der Waals surface area contributed by atoms with Crippen LogP contribution in [0.3, 0.4) is 0 Å². The highest BCUT2D eigenvalue weighted by molar-refractivity contribution is 7.99. The minimum atomic E-state index is -0.0952. The zero-order valence-electron chi connectivity index (χ0n) is 13.3. The first-order chi connectivity index (χ1) is 11.7. The Bertz CT molecular complexity index is 867. The minimum Gasteiger partial charge on any atom is -0.497 e. The number of rotatable bonds is 7. The smallest absolute Gasteiger partial charge is 0.230 e. The van der Waals surface area contributed by atoms with Gasteiger partial charge in [0.1, 0.15) is 11.3 Å². The molecule has 3 rings (SSSR count). The molecule has 1 aromatic carbocycles. The van der Waals surface area contributed by atoms with Crippen LogP contribution in [-0.4, -0.2) is 59.2 Å². The fourth-order valence-electron chi connectivity index (χ4n) is 2.20. The predicted octanol–water partition coefficient (Wildman–Crippen LogP) is 1.37. The van der Waals surface area contributed by atoms with Gasteiger partial charge in [-0.15, -0.1) is 10.2 Å². The van der Waals surface area contributed by atoms with Crippen molar-refractivity contribution in [1.82, 2.24) is 25.5 Å². The summed E-state index contributed by atoms with van der Waals surface area (Å²) in [5.74, 6) is 0.879. The maximum Gasteiger partial charge on any atom is 0.230 e. The summed E-state index contributed by atoms with van der Waals surface area (Å²) in [5.41, 5.74) is 2.22. The normalized spacial score (nSPS) is 11.1. The highest BCUT2D eigenvalue weighted by Gasteiger charge is 2.11. The van der Waals surface area contributed by atoms with Gasteiger partial charge in [-0.05, 0) is 18.2 Å². The number of aromatic nitrogens is 4. The number of thioether (sulfide) groups is 1. The van der Waals surface area contributed by atoms with E-state index in [0.717, 1.165) is 16.7 Å². The second kappa shape index (κ2) is 7.45. The molecule has 2 aromatic heterocycles. The second-order valence-corrected chi connectivity index (χ2v) is 5.90. The molecule has 0 aliphatic carbocycles. The van der Waals surface area contributed by atoms with Crippen molar-refractivity contribution in [3.05, 3.63) is 18.2 Å². The van der Waals surface area contributed by atoms with Crippen molar-refractivity contribution >= 4 is 39.7 Å². The van der Waals surface area contributed by atoms with E-state index in [-0.39, 0.29) is 11.7 Å². The molecule has 126 valence electrons. The number of aromatic amines is 1. The molecule has 2 N–H and O–H groups in total. The molecule has 3 aromatic rings. The molecule has 0 fully saturated rings. The number of carbonyl (C=O) groups excluding carboxylic acids is 1. The Balaban J connectivity index is 1.74. The van der Waals surface area contributed by atoms with Gasteiger partial charge < -0.3 is 19.8 Å². The van der Waals surface area contributed by atoms with Crippen LogP contribution in [0, 0.1) is 0 Å². The van der Waals surface area contributed by atoms with Gasteiger partial charge in [-0.2, -0.15) is 0 Å². The van der Waals surface area contributed by atoms with E-state index in [1.807, 2.05) is 18.2 Å². The maximum absolute atomic E-state index is 11.7. The van der Waals surface area contributed by atoms with Crippen molar-refractivity contribution in [2.45, 2.75) is 5.16 Å². The number of hydrogen-bond donors (Lipinski definition) is 2. The molecule has 0 aliphatic rings. The van der Waals surface area contributed by atoms with Gasteiger partial charge >= 0.3 is 0 Å². The summed E-state index contributed by atoms with van der Waals surface area (Å²) >= 11 is 1.24. The summed E-state index contributed by atoms with van der Waals surface area (Å²) in [6.07, 6.45) is 0. The predicted molar refractivity (Wildman–Crippen MR) is 91.4 cm³/mol. The van der Waals surface area contributed by atoms with Crippen molar-refractivity contribution in [3.8, 4) is 5.75 Å². The van der Waals surface area contributed by atoms with Crippen LogP contribution in [0.25, 0.3) is 22.1 Å². The highest BCUT2D eigenvalue weighted by atomic mass is 32.2. The van der Waals surface area contributed by atoms with E-state index >= 15 is 0 Å². The number of carbonyl (C=O) groups is 1. The fourth-order valence-corrected chi connectivity index (χ4v) is 2.81. The van der Waals surface area contributed by atoms with Gasteiger partial charge in [0.25, 0.3) is 0 Å². The number of hydrogen-bond acceptors (Lipinski definition) is 7. The van der Waals surface area contributed by atoms with E-state index in [9.17, 15) is 4.79 Å². The van der Waals surface area contributed by atoms with Crippen molar-refractivity contribution in [2.75, 3.05) is 33.1 Å². The largest absolute Gasteiger partial charge is 0.497 e. The number of ether oxygens (including phenoxy) is 2. The third-order valence-electron chi connectivity index (χ3n) is 3.36. The molecule has 0 radical (unpaired) electrons. The standard InChI is InChI=1S/C15H17N5O3S/c1-22-6-5-16-12(21)8-24-15-18-14-13(19-20-15)10-7-9(23-2)3-4-11(10)17-14/h3-4,7H,5-6,8H2,1-2H3,(H,16,21)(H,17,18,20). The topological polar surface area (TPSA) is 102 Å². The first-order valence-electron chi connectivity index (χ1n) is 7.30. The molecule has 0 bridgehead atoms. The van der Waals surface area contributed by atoms with E-state index in [2.05, 4.69) is 25.5 Å². The third kappa shape index (κ3) is 3.57. The Morgan fingerprint density at radius 2 is 2.21 bits per heavy atom. The summed E-state index contributed by atoms with van der Waals surface area (Å²) < 4.78 is 10.1. The number of methoxy groups -OCH3 is 2. The molecule has 2 heterocycles. The molecular formula is C15H17N5O3S. The summed E-state index contributed by atoms with van der Waals surface area (Å²) in [5, 5.41) is 12.4. The van der Waals surface area contributed by atoms with Gasteiger partial charge in [0, 0.05) is 24.6 Å². The van der Waals surface area contributed by atoms with E-state index in [4.69, 9.17) is 9.47 Å². The zero-order valence-corrected chi connectivity index (χ0v) is 14.1. The van der Waals surface area contributed by atoms with Crippen LogP contribution in [-0.2, 0) is 9.53 Å². The molecular weight excluding hydrogens is 330 g/mol. The number of fused-ring (bicyclic) bond motifs is 3. The maximum atomic E-state index is 11.7. The number of nitrogens with zero attached hydrogens (tertiary/aromatic N) is 3. The molecule has 0 unspecified atom stereocenters. The van der Waals surface area contributed by atoms with E-state index < -0.39 is 0 Å². The Morgan fingerprint density at radius 3 is 3.00 bits per heavy atom. The second-order valence-electron chi connectivity index (χ2n) is 4.96. The Morgan fingerprint density at radius 1 is 1.33 bits per heavy atom. The summed E-state index contributed by atoms with van der Waals surface area (Å²) in [7, 11) is 3.21. The monoisotopic (exact) mass is 347 g/mol. The molecule has 8 nitrogen and oxygen atoms in total. The quantitative estimate of drug-likeness (QED) is 0.491. The Hall–Kier alpha value is -2.39. The molecule has 0 aliphatic heterocycles. The third-order valence-corrected chi connectivity index (χ3v) is 4.20. The van der Waals surface area contributed by atoms with Gasteiger partial charge in [0.2, 0.25) is 11.1 Å².